The summed E-state index contributed by atoms with van der Waals surface area (Å²) in [5.41, 5.74) is -1.81. The molecule has 0 aromatic heterocycles. The zero-order valence-corrected chi connectivity index (χ0v) is 10.2. The van der Waals surface area contributed by atoms with Crippen LogP contribution in [0.5, 0.6) is 0 Å². The highest BCUT2D eigenvalue weighted by Gasteiger charge is 2.64. The van der Waals surface area contributed by atoms with Crippen molar-refractivity contribution >= 4 is 5.91 Å². The maximum Gasteiger partial charge on any atom is 0.403 e. The standard InChI is InChI=1S/C13H14F3NO2/c14-13(15,16)12(7-4-8-12)11(18)17(19)9-10-5-2-1-3-6-10/h1-3,5-6,19H,4,7-9H2. The summed E-state index contributed by atoms with van der Waals surface area (Å²) in [6.45, 7) is -0.239. The van der Waals surface area contributed by atoms with Gasteiger partial charge >= 0.3 is 6.18 Å². The molecule has 0 aliphatic heterocycles. The maximum atomic E-state index is 12.9. The van der Waals surface area contributed by atoms with Crippen LogP contribution in [0.2, 0.25) is 0 Å². The molecule has 1 amide bonds. The smallest absolute Gasteiger partial charge is 0.286 e. The first-order valence-corrected chi connectivity index (χ1v) is 5.98. The van der Waals surface area contributed by atoms with E-state index in [-0.39, 0.29) is 24.4 Å². The highest BCUT2D eigenvalue weighted by molar-refractivity contribution is 5.83. The van der Waals surface area contributed by atoms with Crippen molar-refractivity contribution in [1.29, 1.82) is 0 Å². The minimum absolute atomic E-state index is 0.183. The molecule has 6 heteroatoms. The van der Waals surface area contributed by atoms with Crippen LogP contribution in [-0.4, -0.2) is 22.4 Å². The predicted molar refractivity (Wildman–Crippen MR) is 61.1 cm³/mol. The van der Waals surface area contributed by atoms with Crippen molar-refractivity contribution < 1.29 is 23.2 Å². The molecule has 1 fully saturated rings. The molecule has 1 aromatic carbocycles. The number of hydroxylamine groups is 2. The number of alkyl halides is 3. The van der Waals surface area contributed by atoms with Crippen molar-refractivity contribution in [3.63, 3.8) is 0 Å². The molecule has 0 atom stereocenters. The van der Waals surface area contributed by atoms with Crippen molar-refractivity contribution in [2.75, 3.05) is 0 Å². The van der Waals surface area contributed by atoms with Gasteiger partial charge in [0.05, 0.1) is 6.54 Å². The van der Waals surface area contributed by atoms with Gasteiger partial charge < -0.3 is 0 Å². The van der Waals surface area contributed by atoms with Crippen LogP contribution < -0.4 is 0 Å². The molecule has 0 bridgehead atoms. The molecule has 1 aliphatic rings. The van der Waals surface area contributed by atoms with Gasteiger partial charge in [-0.25, -0.2) is 5.06 Å². The molecular weight excluding hydrogens is 259 g/mol. The highest BCUT2D eigenvalue weighted by Crippen LogP contribution is 2.54. The van der Waals surface area contributed by atoms with Crippen LogP contribution in [0.15, 0.2) is 30.3 Å². The van der Waals surface area contributed by atoms with Crippen LogP contribution in [0.25, 0.3) is 0 Å². The second-order valence-corrected chi connectivity index (χ2v) is 4.78. The highest BCUT2D eigenvalue weighted by atomic mass is 19.4. The van der Waals surface area contributed by atoms with Gasteiger partial charge in [0.2, 0.25) is 0 Å². The third-order valence-electron chi connectivity index (χ3n) is 3.57. The van der Waals surface area contributed by atoms with Crippen molar-refractivity contribution in [3.05, 3.63) is 35.9 Å². The lowest BCUT2D eigenvalue weighted by molar-refractivity contribution is -0.262. The van der Waals surface area contributed by atoms with E-state index in [1.54, 1.807) is 30.3 Å². The van der Waals surface area contributed by atoms with Gasteiger partial charge in [0.25, 0.3) is 5.91 Å². The lowest BCUT2D eigenvalue weighted by Crippen LogP contribution is -2.55. The Morgan fingerprint density at radius 2 is 1.84 bits per heavy atom. The number of benzene rings is 1. The quantitative estimate of drug-likeness (QED) is 0.679. The Morgan fingerprint density at radius 1 is 1.26 bits per heavy atom. The predicted octanol–water partition coefficient (Wildman–Crippen LogP) is 3.14. The molecule has 0 heterocycles. The molecule has 0 saturated heterocycles. The van der Waals surface area contributed by atoms with Gasteiger partial charge in [0.15, 0.2) is 0 Å². The summed E-state index contributed by atoms with van der Waals surface area (Å²) < 4.78 is 38.8. The van der Waals surface area contributed by atoms with Crippen LogP contribution in [0, 0.1) is 5.41 Å². The van der Waals surface area contributed by atoms with E-state index in [2.05, 4.69) is 0 Å². The lowest BCUT2D eigenvalue weighted by atomic mass is 9.67. The molecule has 1 aromatic rings. The van der Waals surface area contributed by atoms with E-state index >= 15 is 0 Å². The average molecular weight is 273 g/mol. The Labute approximate surface area is 108 Å². The van der Waals surface area contributed by atoms with Crippen LogP contribution in [0.1, 0.15) is 24.8 Å². The molecule has 0 unspecified atom stereocenters. The molecule has 0 radical (unpaired) electrons. The van der Waals surface area contributed by atoms with Crippen molar-refractivity contribution in [1.82, 2.24) is 5.06 Å². The normalized spacial score (nSPS) is 17.7. The zero-order chi connectivity index (χ0) is 14.1. The van der Waals surface area contributed by atoms with Crippen LogP contribution in [0.4, 0.5) is 13.2 Å². The number of amides is 1. The van der Waals surface area contributed by atoms with E-state index in [9.17, 15) is 23.2 Å². The summed E-state index contributed by atoms with van der Waals surface area (Å²) in [4.78, 5) is 11.9. The van der Waals surface area contributed by atoms with E-state index in [0.29, 0.717) is 12.0 Å². The monoisotopic (exact) mass is 273 g/mol. The van der Waals surface area contributed by atoms with Gasteiger partial charge in [-0.1, -0.05) is 36.8 Å². The summed E-state index contributed by atoms with van der Waals surface area (Å²) in [6.07, 6.45) is -4.76. The zero-order valence-electron chi connectivity index (χ0n) is 10.2. The first-order valence-electron chi connectivity index (χ1n) is 5.98. The summed E-state index contributed by atoms with van der Waals surface area (Å²) >= 11 is 0. The molecule has 19 heavy (non-hydrogen) atoms. The van der Waals surface area contributed by atoms with Crippen LogP contribution >= 0.6 is 0 Å². The third kappa shape index (κ3) is 2.45. The SMILES string of the molecule is O=C(N(O)Cc1ccccc1)C1(C(F)(F)F)CCC1. The number of hydrogen-bond acceptors (Lipinski definition) is 2. The summed E-state index contributed by atoms with van der Waals surface area (Å²) in [5, 5.41) is 9.80. The second kappa shape index (κ2) is 4.85. The van der Waals surface area contributed by atoms with Gasteiger partial charge in [-0.3, -0.25) is 10.0 Å². The fourth-order valence-corrected chi connectivity index (χ4v) is 2.22. The number of carbonyl (C=O) groups excluding carboxylic acids is 1. The molecule has 0 spiro atoms. The van der Waals surface area contributed by atoms with E-state index in [1.165, 1.54) is 0 Å². The Kier molecular flexibility index (Phi) is 3.54. The number of halogens is 3. The van der Waals surface area contributed by atoms with E-state index in [4.69, 9.17) is 0 Å². The number of carbonyl (C=O) groups is 1. The van der Waals surface area contributed by atoms with Crippen molar-refractivity contribution in [3.8, 4) is 0 Å². The van der Waals surface area contributed by atoms with Crippen molar-refractivity contribution in [2.24, 2.45) is 5.41 Å². The first-order chi connectivity index (χ1) is 8.87. The summed E-state index contributed by atoms with van der Waals surface area (Å²) in [7, 11) is 0. The molecule has 3 nitrogen and oxygen atoms in total. The Hall–Kier alpha value is -1.56. The molecular formula is C13H14F3NO2. The van der Waals surface area contributed by atoms with Gasteiger partial charge in [0, 0.05) is 0 Å². The minimum atomic E-state index is -4.61. The van der Waals surface area contributed by atoms with Gasteiger partial charge in [0.1, 0.15) is 5.41 Å². The molecule has 1 aliphatic carbocycles. The summed E-state index contributed by atoms with van der Waals surface area (Å²) in [5.74, 6) is -1.25. The van der Waals surface area contributed by atoms with E-state index in [0.717, 1.165) is 0 Å². The Balaban J connectivity index is 2.11. The molecule has 2 rings (SSSR count). The van der Waals surface area contributed by atoms with E-state index in [1.807, 2.05) is 0 Å². The van der Waals surface area contributed by atoms with Crippen molar-refractivity contribution in [2.45, 2.75) is 32.0 Å². The van der Waals surface area contributed by atoms with Gasteiger partial charge in [-0.15, -0.1) is 0 Å². The number of hydrogen-bond donors (Lipinski definition) is 1. The Bertz CT molecular complexity index is 455. The summed E-state index contributed by atoms with van der Waals surface area (Å²) in [6, 6.07) is 8.40. The van der Waals surface area contributed by atoms with Crippen LogP contribution in [-0.2, 0) is 11.3 Å². The topological polar surface area (TPSA) is 40.5 Å². The van der Waals surface area contributed by atoms with Gasteiger partial charge in [-0.2, -0.15) is 13.2 Å². The number of nitrogens with zero attached hydrogens (tertiary/aromatic N) is 1. The van der Waals surface area contributed by atoms with Gasteiger partial charge in [-0.05, 0) is 18.4 Å². The lowest BCUT2D eigenvalue weighted by Gasteiger charge is -2.42. The minimum Gasteiger partial charge on any atom is -0.286 e. The Morgan fingerprint density at radius 3 is 2.26 bits per heavy atom. The fraction of sp³-hybridized carbons (Fsp3) is 0.462. The average Bonchev–Trinajstić information content (AvgIpc) is 2.26. The van der Waals surface area contributed by atoms with Crippen LogP contribution in [0.3, 0.4) is 0 Å². The molecule has 104 valence electrons. The number of rotatable bonds is 3. The maximum absolute atomic E-state index is 12.9. The first kappa shape index (κ1) is 13.9. The van der Waals surface area contributed by atoms with E-state index < -0.39 is 17.5 Å². The second-order valence-electron chi connectivity index (χ2n) is 4.78. The third-order valence-corrected chi connectivity index (χ3v) is 3.57. The fourth-order valence-electron chi connectivity index (χ4n) is 2.22. The largest absolute Gasteiger partial charge is 0.403 e. The molecule has 1 N–H and O–H groups in total. The molecule has 1 saturated carbocycles.